The molecule has 0 saturated heterocycles. The number of esters is 1. The summed E-state index contributed by atoms with van der Waals surface area (Å²) in [4.78, 5) is 89.8. The number of non-ortho nitro benzene ring substituents is 1. The van der Waals surface area contributed by atoms with Crippen LogP contribution in [0.2, 0.25) is 0 Å². The predicted octanol–water partition coefficient (Wildman–Crippen LogP) is 7.00. The lowest BCUT2D eigenvalue weighted by Crippen LogP contribution is -2.47. The third-order valence-electron chi connectivity index (χ3n) is 8.98. The van der Waals surface area contributed by atoms with Crippen molar-refractivity contribution in [3.63, 3.8) is 0 Å². The van der Waals surface area contributed by atoms with E-state index in [1.165, 1.54) is 25.1 Å². The average molecular weight is 687 g/mol. The molecular weight excluding hydrogens is 652 g/mol. The van der Waals surface area contributed by atoms with Crippen LogP contribution in [0.4, 0.5) is 22.7 Å². The molecule has 15 heteroatoms. The number of ketones is 1. The minimum Gasteiger partial charge on any atom is -0.462 e. The van der Waals surface area contributed by atoms with E-state index in [2.05, 4.69) is 10.6 Å². The average Bonchev–Trinajstić information content (AvgIpc) is 3.08. The lowest BCUT2D eigenvalue weighted by Gasteiger charge is -2.35. The second-order valence-electron chi connectivity index (χ2n) is 12.1. The lowest BCUT2D eigenvalue weighted by atomic mass is 9.69. The van der Waals surface area contributed by atoms with Crippen molar-refractivity contribution in [1.29, 1.82) is 0 Å². The van der Waals surface area contributed by atoms with Gasteiger partial charge in [-0.05, 0) is 51.0 Å². The number of Topliss-reactive ketones (excluding diaryl/α,β-unsaturated/α-hetero) is 1. The minimum absolute atomic E-state index is 0.0146. The number of carbonyl (C=O) groups excluding carboxylic acids is 4. The topological polar surface area (TPSA) is 218 Å². The highest BCUT2D eigenvalue weighted by Gasteiger charge is 2.49. The molecule has 0 radical (unpaired) electrons. The van der Waals surface area contributed by atoms with Crippen LogP contribution >= 0.6 is 0 Å². The van der Waals surface area contributed by atoms with Gasteiger partial charge < -0.3 is 19.8 Å². The Morgan fingerprint density at radius 1 is 0.920 bits per heavy atom. The predicted molar refractivity (Wildman–Crippen MR) is 183 cm³/mol. The van der Waals surface area contributed by atoms with Gasteiger partial charge in [0, 0.05) is 17.2 Å². The number of fused-ring (bicyclic) bond motifs is 4. The van der Waals surface area contributed by atoms with E-state index in [1.54, 1.807) is 6.92 Å². The first-order chi connectivity index (χ1) is 23.8. The van der Waals surface area contributed by atoms with Gasteiger partial charge in [-0.15, -0.1) is 0 Å². The summed E-state index contributed by atoms with van der Waals surface area (Å²) in [7, 11) is 0. The Hall–Kier alpha value is -5.99. The first-order valence-electron chi connectivity index (χ1n) is 16.1. The van der Waals surface area contributed by atoms with E-state index in [9.17, 15) is 44.2 Å². The highest BCUT2D eigenvalue weighted by atomic mass is 16.6. The number of nitrogens with one attached hydrogen (secondary N) is 2. The normalized spacial score (nSPS) is 13.5. The fourth-order valence-electron chi connectivity index (χ4n) is 6.30. The summed E-state index contributed by atoms with van der Waals surface area (Å²) < 4.78 is 11.3. The van der Waals surface area contributed by atoms with Gasteiger partial charge in [0.05, 0.1) is 55.8 Å². The van der Waals surface area contributed by atoms with Gasteiger partial charge in [-0.25, -0.2) is 4.79 Å². The zero-order valence-electron chi connectivity index (χ0n) is 27.8. The Morgan fingerprint density at radius 3 is 2.20 bits per heavy atom. The van der Waals surface area contributed by atoms with Gasteiger partial charge in [0.2, 0.25) is 11.3 Å². The number of ether oxygens (including phenoxy) is 1. The molecule has 0 unspecified atom stereocenters. The summed E-state index contributed by atoms with van der Waals surface area (Å²) >= 11 is 0. The van der Waals surface area contributed by atoms with E-state index in [0.29, 0.717) is 25.7 Å². The number of amides is 2. The van der Waals surface area contributed by atoms with E-state index >= 15 is 0 Å². The van der Waals surface area contributed by atoms with Crippen LogP contribution in [0.15, 0.2) is 45.6 Å². The van der Waals surface area contributed by atoms with Crippen molar-refractivity contribution in [2.75, 3.05) is 17.2 Å². The van der Waals surface area contributed by atoms with Crippen molar-refractivity contribution < 1.29 is 38.2 Å². The molecule has 260 valence electrons. The van der Waals surface area contributed by atoms with E-state index in [1.807, 2.05) is 13.8 Å². The van der Waals surface area contributed by atoms with Crippen LogP contribution in [0.25, 0.3) is 21.9 Å². The molecule has 2 amide bonds. The quantitative estimate of drug-likeness (QED) is 0.0508. The van der Waals surface area contributed by atoms with E-state index in [4.69, 9.17) is 9.15 Å². The number of hydrogen-bond donors (Lipinski definition) is 2. The molecule has 0 fully saturated rings. The fraction of sp³-hybridized carbons (Fsp3) is 0.343. The standard InChI is InChI=1S/C35H34N4O11/c1-5-8-12-35(13-9-6-2)31(41)21-10-11-22-28(40)24-14-19(33(43)49-7-3)15-25(29(24)50-30(22)27(21)37-34(35)44)36-32(42)23-16-20(38(45)46)17-26(18(23)4)39(47)48/h10-11,14-17H,5-9,12-13H2,1-4H3,(H,36,42)(H,37,44). The van der Waals surface area contributed by atoms with E-state index in [0.717, 1.165) is 31.0 Å². The van der Waals surface area contributed by atoms with E-state index < -0.39 is 61.2 Å². The van der Waals surface area contributed by atoms with Gasteiger partial charge in [-0.3, -0.25) is 39.4 Å². The Balaban J connectivity index is 1.74. The summed E-state index contributed by atoms with van der Waals surface area (Å²) in [5.74, 6) is -2.79. The zero-order valence-corrected chi connectivity index (χ0v) is 27.8. The second-order valence-corrected chi connectivity index (χ2v) is 12.1. The van der Waals surface area contributed by atoms with Crippen molar-refractivity contribution >= 4 is 68.3 Å². The maximum atomic E-state index is 14.1. The summed E-state index contributed by atoms with van der Waals surface area (Å²) in [6, 6.07) is 6.83. The van der Waals surface area contributed by atoms with Gasteiger partial charge in [0.25, 0.3) is 17.3 Å². The Labute approximate surface area is 284 Å². The number of nitro groups is 2. The maximum Gasteiger partial charge on any atom is 0.338 e. The van der Waals surface area contributed by atoms with Crippen LogP contribution in [-0.4, -0.2) is 40.0 Å². The summed E-state index contributed by atoms with van der Waals surface area (Å²) in [5.41, 5.74) is -4.63. The van der Waals surface area contributed by atoms with Crippen LogP contribution in [0, 0.1) is 32.6 Å². The Kier molecular flexibility index (Phi) is 9.79. The van der Waals surface area contributed by atoms with Gasteiger partial charge in [0.15, 0.2) is 16.9 Å². The van der Waals surface area contributed by atoms with Gasteiger partial charge in [-0.2, -0.15) is 0 Å². The smallest absolute Gasteiger partial charge is 0.338 e. The van der Waals surface area contributed by atoms with Crippen LogP contribution in [0.1, 0.15) is 95.9 Å². The van der Waals surface area contributed by atoms with Crippen LogP contribution in [0.5, 0.6) is 0 Å². The third-order valence-corrected chi connectivity index (χ3v) is 8.98. The molecular formula is C35H34N4O11. The molecule has 15 nitrogen and oxygen atoms in total. The zero-order chi connectivity index (χ0) is 36.5. The summed E-state index contributed by atoms with van der Waals surface area (Å²) in [6.07, 6.45) is 3.51. The minimum atomic E-state index is -1.30. The molecule has 1 aliphatic rings. The molecule has 0 spiro atoms. The first-order valence-corrected chi connectivity index (χ1v) is 16.1. The number of rotatable bonds is 12. The van der Waals surface area contributed by atoms with Crippen molar-refractivity contribution in [1.82, 2.24) is 0 Å². The summed E-state index contributed by atoms with van der Waals surface area (Å²) in [6.45, 7) is 6.72. The molecule has 0 saturated carbocycles. The number of hydrogen-bond acceptors (Lipinski definition) is 11. The first kappa shape index (κ1) is 35.3. The molecule has 3 aromatic carbocycles. The number of nitrogens with zero attached hydrogens (tertiary/aromatic N) is 2. The maximum absolute atomic E-state index is 14.1. The van der Waals surface area contributed by atoms with Crippen LogP contribution in [-0.2, 0) is 9.53 Å². The molecule has 1 aliphatic heterocycles. The lowest BCUT2D eigenvalue weighted by molar-refractivity contribution is -0.394. The van der Waals surface area contributed by atoms with Gasteiger partial charge >= 0.3 is 5.97 Å². The molecule has 0 aliphatic carbocycles. The highest BCUT2D eigenvalue weighted by Crippen LogP contribution is 2.44. The highest BCUT2D eigenvalue weighted by molar-refractivity contribution is 6.27. The number of nitro benzene ring substituents is 2. The second kappa shape index (κ2) is 13.9. The number of carbonyl (C=O) groups is 4. The summed E-state index contributed by atoms with van der Waals surface area (Å²) in [5, 5.41) is 28.3. The largest absolute Gasteiger partial charge is 0.462 e. The van der Waals surface area contributed by atoms with Gasteiger partial charge in [0.1, 0.15) is 5.41 Å². The number of benzene rings is 3. The van der Waals surface area contributed by atoms with Crippen molar-refractivity contribution in [2.24, 2.45) is 5.41 Å². The number of anilines is 2. The van der Waals surface area contributed by atoms with E-state index in [-0.39, 0.29) is 56.6 Å². The molecule has 2 heterocycles. The van der Waals surface area contributed by atoms with Crippen LogP contribution in [0.3, 0.4) is 0 Å². The molecule has 2 N–H and O–H groups in total. The molecule has 1 aromatic heterocycles. The molecule has 4 aromatic rings. The molecule has 50 heavy (non-hydrogen) atoms. The molecule has 0 bridgehead atoms. The van der Waals surface area contributed by atoms with Crippen molar-refractivity contribution in [3.05, 3.63) is 89.1 Å². The Bertz CT molecular complexity index is 2180. The third kappa shape index (κ3) is 6.06. The van der Waals surface area contributed by atoms with Crippen molar-refractivity contribution in [3.8, 4) is 0 Å². The van der Waals surface area contributed by atoms with Crippen molar-refractivity contribution in [2.45, 2.75) is 66.2 Å². The molecule has 5 rings (SSSR count). The van der Waals surface area contributed by atoms with Gasteiger partial charge in [-0.1, -0.05) is 39.5 Å². The SMILES string of the molecule is CCCCC1(CCCC)C(=O)Nc2c(ccc3c(=O)c4cc(C(=O)OCC)cc(NC(=O)c5cc([N+](=O)[O-])cc([N+](=O)[O-])c5C)c4oc23)C1=O. The molecule has 0 atom stereocenters. The fourth-order valence-corrected chi connectivity index (χ4v) is 6.30. The monoisotopic (exact) mass is 686 g/mol. The van der Waals surface area contributed by atoms with Crippen LogP contribution < -0.4 is 16.1 Å². The number of unbranched alkanes of at least 4 members (excludes halogenated alkanes) is 2. The Morgan fingerprint density at radius 2 is 1.60 bits per heavy atom.